The molecular weight excluding hydrogens is 341 g/mol. The second kappa shape index (κ2) is 7.18. The molecule has 0 aliphatic rings. The fourth-order valence-corrected chi connectivity index (χ4v) is 1.96. The van der Waals surface area contributed by atoms with Crippen molar-refractivity contribution < 1.29 is 18.0 Å². The van der Waals surface area contributed by atoms with Crippen molar-refractivity contribution in [1.29, 1.82) is 0 Å². The van der Waals surface area contributed by atoms with Gasteiger partial charge in [-0.1, -0.05) is 18.2 Å². The lowest BCUT2D eigenvalue weighted by atomic mass is 10.1. The number of anilines is 2. The van der Waals surface area contributed by atoms with Crippen molar-refractivity contribution >= 4 is 34.6 Å². The molecule has 0 atom stereocenters. The Morgan fingerprint density at radius 2 is 1.75 bits per heavy atom. The zero-order valence-corrected chi connectivity index (χ0v) is 13.0. The third-order valence-electron chi connectivity index (χ3n) is 2.94. The average Bonchev–Trinajstić information content (AvgIpc) is 2.52. The Kier molecular flexibility index (Phi) is 5.24. The normalized spacial score (nSPS) is 10.8. The van der Waals surface area contributed by atoms with Crippen molar-refractivity contribution in [2.75, 3.05) is 5.32 Å². The molecule has 0 radical (unpaired) electrons. The molecule has 0 fully saturated rings. The number of amides is 1. The van der Waals surface area contributed by atoms with Crippen LogP contribution in [0.5, 0.6) is 0 Å². The molecule has 24 heavy (non-hydrogen) atoms. The summed E-state index contributed by atoms with van der Waals surface area (Å²) in [5, 5.41) is 2.68. The van der Waals surface area contributed by atoms with Gasteiger partial charge in [-0.25, -0.2) is 0 Å². The molecule has 0 aliphatic carbocycles. The van der Waals surface area contributed by atoms with Crippen molar-refractivity contribution in [2.45, 2.75) is 6.18 Å². The number of para-hydroxylation sites is 1. The zero-order valence-electron chi connectivity index (χ0n) is 12.1. The van der Waals surface area contributed by atoms with Crippen molar-refractivity contribution in [3.63, 3.8) is 0 Å². The van der Waals surface area contributed by atoms with E-state index < -0.39 is 17.6 Å². The number of benzene rings is 2. The van der Waals surface area contributed by atoms with Crippen LogP contribution in [-0.4, -0.2) is 11.0 Å². The van der Waals surface area contributed by atoms with Crippen LogP contribution in [0.3, 0.4) is 0 Å². The number of rotatable bonds is 3. The number of carbonyl (C=O) groups excluding carboxylic acids is 1. The number of nitrogens with one attached hydrogen (secondary N) is 3. The molecule has 1 amide bonds. The number of nitrogens with two attached hydrogens (primary N) is 1. The minimum atomic E-state index is -4.45. The molecule has 0 unspecified atom stereocenters. The van der Waals surface area contributed by atoms with Crippen molar-refractivity contribution in [3.05, 3.63) is 59.7 Å². The summed E-state index contributed by atoms with van der Waals surface area (Å²) in [6, 6.07) is 11.0. The smallest absolute Gasteiger partial charge is 0.375 e. The Morgan fingerprint density at radius 3 is 2.42 bits per heavy atom. The maximum absolute atomic E-state index is 12.8. The minimum absolute atomic E-state index is 0.119. The van der Waals surface area contributed by atoms with Gasteiger partial charge >= 0.3 is 6.18 Å². The Hall–Kier alpha value is -2.81. The van der Waals surface area contributed by atoms with Crippen molar-refractivity contribution in [2.24, 2.45) is 5.73 Å². The van der Waals surface area contributed by atoms with E-state index in [1.165, 1.54) is 18.2 Å². The van der Waals surface area contributed by atoms with Gasteiger partial charge < -0.3 is 11.1 Å². The summed E-state index contributed by atoms with van der Waals surface area (Å²) in [4.78, 5) is 12.1. The van der Waals surface area contributed by atoms with Gasteiger partial charge in [-0.05, 0) is 42.5 Å². The molecule has 2 rings (SSSR count). The number of hydrogen-bond donors (Lipinski definition) is 4. The van der Waals surface area contributed by atoms with Crippen LogP contribution in [0.15, 0.2) is 48.5 Å². The van der Waals surface area contributed by atoms with Crippen LogP contribution in [-0.2, 0) is 6.18 Å². The van der Waals surface area contributed by atoms with Crippen LogP contribution in [0.25, 0.3) is 0 Å². The van der Waals surface area contributed by atoms with Crippen LogP contribution in [0.2, 0.25) is 0 Å². The lowest BCUT2D eigenvalue weighted by Crippen LogP contribution is -2.44. The molecule has 5 nitrogen and oxygen atoms in total. The van der Waals surface area contributed by atoms with Crippen LogP contribution in [0.1, 0.15) is 15.9 Å². The van der Waals surface area contributed by atoms with Gasteiger partial charge in [0, 0.05) is 5.69 Å². The highest BCUT2D eigenvalue weighted by Crippen LogP contribution is 2.31. The first-order valence-electron chi connectivity index (χ1n) is 6.66. The highest BCUT2D eigenvalue weighted by Gasteiger charge is 2.30. The molecule has 2 aromatic rings. The number of thiocarbonyl (C=S) groups is 1. The minimum Gasteiger partial charge on any atom is -0.375 e. The van der Waals surface area contributed by atoms with E-state index in [0.717, 1.165) is 12.1 Å². The molecule has 0 heterocycles. The molecule has 0 saturated carbocycles. The van der Waals surface area contributed by atoms with E-state index in [9.17, 15) is 18.0 Å². The molecule has 0 spiro atoms. The maximum Gasteiger partial charge on any atom is 0.416 e. The topological polar surface area (TPSA) is 79.2 Å². The van der Waals surface area contributed by atoms with Gasteiger partial charge in [-0.3, -0.25) is 15.6 Å². The number of carbonyl (C=O) groups is 1. The Morgan fingerprint density at radius 1 is 1.04 bits per heavy atom. The lowest BCUT2D eigenvalue weighted by Gasteiger charge is -2.14. The molecule has 0 saturated heterocycles. The molecule has 0 bridgehead atoms. The molecule has 126 valence electrons. The summed E-state index contributed by atoms with van der Waals surface area (Å²) in [5.74, 6) is -0.544. The van der Waals surface area contributed by atoms with E-state index in [0.29, 0.717) is 5.69 Å². The standard InChI is InChI=1S/C15H13F3N4OS/c16-15(17,18)9-4-3-5-10(8-9)20-12-7-2-1-6-11(12)13(23)21-22-14(19)24/h1-8,20H,(H,21,23)(H3,19,22,24). The van der Waals surface area contributed by atoms with E-state index in [2.05, 4.69) is 28.4 Å². The summed E-state index contributed by atoms with van der Waals surface area (Å²) < 4.78 is 38.3. The van der Waals surface area contributed by atoms with Gasteiger partial charge in [-0.15, -0.1) is 0 Å². The van der Waals surface area contributed by atoms with Gasteiger partial charge in [-0.2, -0.15) is 13.2 Å². The fourth-order valence-electron chi connectivity index (χ4n) is 1.90. The summed E-state index contributed by atoms with van der Waals surface area (Å²) in [6.45, 7) is 0. The van der Waals surface area contributed by atoms with Gasteiger partial charge in [0.15, 0.2) is 5.11 Å². The molecule has 9 heteroatoms. The van der Waals surface area contributed by atoms with Crippen LogP contribution in [0.4, 0.5) is 24.5 Å². The molecule has 5 N–H and O–H groups in total. The first kappa shape index (κ1) is 17.5. The zero-order chi connectivity index (χ0) is 17.7. The maximum atomic E-state index is 12.8. The highest BCUT2D eigenvalue weighted by atomic mass is 32.1. The van der Waals surface area contributed by atoms with E-state index >= 15 is 0 Å². The van der Waals surface area contributed by atoms with Crippen LogP contribution >= 0.6 is 12.2 Å². The molecule has 0 aliphatic heterocycles. The number of halogens is 3. The summed E-state index contributed by atoms with van der Waals surface area (Å²) >= 11 is 4.58. The quantitative estimate of drug-likeness (QED) is 0.504. The molecular formula is C15H13F3N4OS. The summed E-state index contributed by atoms with van der Waals surface area (Å²) in [6.07, 6.45) is -4.45. The van der Waals surface area contributed by atoms with E-state index in [1.807, 2.05) is 0 Å². The van der Waals surface area contributed by atoms with Crippen LogP contribution < -0.4 is 21.9 Å². The second-order valence-electron chi connectivity index (χ2n) is 4.69. The Labute approximate surface area is 141 Å². The predicted octanol–water partition coefficient (Wildman–Crippen LogP) is 2.93. The largest absolute Gasteiger partial charge is 0.416 e. The van der Waals surface area contributed by atoms with Crippen molar-refractivity contribution in [1.82, 2.24) is 10.9 Å². The monoisotopic (exact) mass is 354 g/mol. The van der Waals surface area contributed by atoms with Gasteiger partial charge in [0.1, 0.15) is 0 Å². The lowest BCUT2D eigenvalue weighted by molar-refractivity contribution is -0.137. The summed E-state index contributed by atoms with van der Waals surface area (Å²) in [5.41, 5.74) is 9.76. The highest BCUT2D eigenvalue weighted by molar-refractivity contribution is 7.80. The Bertz CT molecular complexity index is 764. The van der Waals surface area contributed by atoms with E-state index in [1.54, 1.807) is 18.2 Å². The fraction of sp³-hybridized carbons (Fsp3) is 0.0667. The Balaban J connectivity index is 2.25. The van der Waals surface area contributed by atoms with Gasteiger partial charge in [0.2, 0.25) is 0 Å². The van der Waals surface area contributed by atoms with E-state index in [-0.39, 0.29) is 16.4 Å². The third kappa shape index (κ3) is 4.59. The van der Waals surface area contributed by atoms with Crippen LogP contribution in [0, 0.1) is 0 Å². The van der Waals surface area contributed by atoms with Gasteiger partial charge in [0.25, 0.3) is 5.91 Å². The molecule has 0 aromatic heterocycles. The third-order valence-corrected chi connectivity index (χ3v) is 3.04. The number of hydrazine groups is 1. The SMILES string of the molecule is NC(=S)NNC(=O)c1ccccc1Nc1cccc(C(F)(F)F)c1. The first-order chi connectivity index (χ1) is 11.3. The van der Waals surface area contributed by atoms with E-state index in [4.69, 9.17) is 5.73 Å². The predicted molar refractivity (Wildman–Crippen MR) is 88.6 cm³/mol. The summed E-state index contributed by atoms with van der Waals surface area (Å²) in [7, 11) is 0. The second-order valence-corrected chi connectivity index (χ2v) is 5.13. The van der Waals surface area contributed by atoms with Gasteiger partial charge in [0.05, 0.1) is 16.8 Å². The number of alkyl halides is 3. The molecule has 2 aromatic carbocycles. The number of hydrogen-bond acceptors (Lipinski definition) is 3. The first-order valence-corrected chi connectivity index (χ1v) is 7.07. The van der Waals surface area contributed by atoms with Crippen molar-refractivity contribution in [3.8, 4) is 0 Å². The average molecular weight is 354 g/mol.